The van der Waals surface area contributed by atoms with E-state index in [0.29, 0.717) is 28.3 Å². The van der Waals surface area contributed by atoms with Crippen LogP contribution < -0.4 is 14.4 Å². The van der Waals surface area contributed by atoms with Gasteiger partial charge in [-0.3, -0.25) is 9.69 Å². The van der Waals surface area contributed by atoms with Gasteiger partial charge in [-0.2, -0.15) is 13.2 Å². The highest BCUT2D eigenvalue weighted by atomic mass is 19.4. The first-order valence-corrected chi connectivity index (χ1v) is 9.13. The molecule has 30 heavy (non-hydrogen) atoms. The Morgan fingerprint density at radius 3 is 2.40 bits per heavy atom. The molecule has 3 heterocycles. The summed E-state index contributed by atoms with van der Waals surface area (Å²) in [6, 6.07) is 9.45. The van der Waals surface area contributed by atoms with E-state index in [1.54, 1.807) is 18.2 Å². The summed E-state index contributed by atoms with van der Waals surface area (Å²) >= 11 is 0. The number of rotatable bonds is 2. The summed E-state index contributed by atoms with van der Waals surface area (Å²) in [6.45, 7) is -0.0257. The summed E-state index contributed by atoms with van der Waals surface area (Å²) in [5, 5.41) is 0. The number of ether oxygens (including phenoxy) is 3. The molecule has 0 aliphatic carbocycles. The fourth-order valence-corrected chi connectivity index (χ4v) is 3.97. The molecular weight excluding hydrogens is 403 g/mol. The van der Waals surface area contributed by atoms with Crippen LogP contribution in [0.4, 0.5) is 18.9 Å². The van der Waals surface area contributed by atoms with Crippen LogP contribution in [0.25, 0.3) is 0 Å². The number of esters is 1. The molecular formula is C21H14F3NO5. The minimum atomic E-state index is -4.48. The number of cyclic esters (lactones) is 1. The first kappa shape index (κ1) is 18.5. The number of carbonyl (C=O) groups is 2. The van der Waals surface area contributed by atoms with Crippen LogP contribution in [-0.2, 0) is 20.5 Å². The fraction of sp³-hybridized carbons (Fsp3) is 0.238. The van der Waals surface area contributed by atoms with Crippen LogP contribution in [0.5, 0.6) is 11.5 Å². The van der Waals surface area contributed by atoms with Gasteiger partial charge in [0, 0.05) is 18.0 Å². The lowest BCUT2D eigenvalue weighted by Gasteiger charge is -2.32. The third kappa shape index (κ3) is 2.89. The molecule has 3 aliphatic heterocycles. The first-order chi connectivity index (χ1) is 14.3. The molecule has 0 N–H and O–H groups in total. The van der Waals surface area contributed by atoms with Gasteiger partial charge in [-0.05, 0) is 42.0 Å². The highest BCUT2D eigenvalue weighted by Gasteiger charge is 2.43. The van der Waals surface area contributed by atoms with E-state index in [9.17, 15) is 22.8 Å². The maximum absolute atomic E-state index is 13.0. The van der Waals surface area contributed by atoms with Crippen LogP contribution >= 0.6 is 0 Å². The molecule has 0 spiro atoms. The summed E-state index contributed by atoms with van der Waals surface area (Å²) < 4.78 is 54.5. The van der Waals surface area contributed by atoms with Crippen LogP contribution in [0.1, 0.15) is 23.5 Å². The largest absolute Gasteiger partial charge is 0.456 e. The molecule has 9 heteroatoms. The van der Waals surface area contributed by atoms with Crippen molar-refractivity contribution in [2.75, 3.05) is 18.3 Å². The SMILES string of the molecule is O=C1OCC2=C1[C@H](c1ccc3c(c1)OCO3)CC(=O)N2c1ccc(C(F)(F)F)cc1. The van der Waals surface area contributed by atoms with Gasteiger partial charge in [0.2, 0.25) is 12.7 Å². The number of nitrogens with zero attached hydrogens (tertiary/aromatic N) is 1. The molecule has 5 rings (SSSR count). The maximum Gasteiger partial charge on any atom is 0.416 e. The molecule has 154 valence electrons. The lowest BCUT2D eigenvalue weighted by atomic mass is 9.84. The van der Waals surface area contributed by atoms with E-state index in [0.717, 1.165) is 12.1 Å². The second kappa shape index (κ2) is 6.51. The molecule has 1 atom stereocenters. The molecule has 2 aromatic carbocycles. The molecule has 3 aliphatic rings. The van der Waals surface area contributed by atoms with Crippen molar-refractivity contribution >= 4 is 17.6 Å². The average molecular weight is 417 g/mol. The van der Waals surface area contributed by atoms with E-state index in [-0.39, 0.29) is 31.4 Å². The molecule has 0 unspecified atom stereocenters. The van der Waals surface area contributed by atoms with Crippen LogP contribution in [0.3, 0.4) is 0 Å². The molecule has 0 aromatic heterocycles. The Labute approximate surface area is 168 Å². The standard InChI is InChI=1S/C21H14F3NO5/c22-21(23,24)12-2-4-13(5-3-12)25-15-9-28-20(27)19(15)14(8-18(25)26)11-1-6-16-17(7-11)30-10-29-16/h1-7,14H,8-10H2/t14-/m0/s1. The summed E-state index contributed by atoms with van der Waals surface area (Å²) in [7, 11) is 0. The highest BCUT2D eigenvalue weighted by molar-refractivity contribution is 6.06. The Kier molecular flexibility index (Phi) is 4.02. The van der Waals surface area contributed by atoms with Crippen molar-refractivity contribution in [2.45, 2.75) is 18.5 Å². The number of benzene rings is 2. The number of halogens is 3. The first-order valence-electron chi connectivity index (χ1n) is 9.13. The lowest BCUT2D eigenvalue weighted by molar-refractivity contribution is -0.138. The van der Waals surface area contributed by atoms with Crippen molar-refractivity contribution in [3.63, 3.8) is 0 Å². The zero-order chi connectivity index (χ0) is 21.0. The Hall–Kier alpha value is -3.49. The van der Waals surface area contributed by atoms with E-state index in [1.165, 1.54) is 17.0 Å². The summed E-state index contributed by atoms with van der Waals surface area (Å²) in [5.41, 5.74) is 0.808. The van der Waals surface area contributed by atoms with Gasteiger partial charge in [-0.15, -0.1) is 0 Å². The third-order valence-electron chi connectivity index (χ3n) is 5.37. The quantitative estimate of drug-likeness (QED) is 0.697. The molecule has 6 nitrogen and oxygen atoms in total. The molecule has 0 saturated carbocycles. The Balaban J connectivity index is 1.55. The summed E-state index contributed by atoms with van der Waals surface area (Å²) in [6.07, 6.45) is -4.51. The highest BCUT2D eigenvalue weighted by Crippen LogP contribution is 2.44. The second-order valence-electron chi connectivity index (χ2n) is 7.08. The maximum atomic E-state index is 13.0. The van der Waals surface area contributed by atoms with E-state index in [1.807, 2.05) is 0 Å². The van der Waals surface area contributed by atoms with Crippen molar-refractivity contribution in [1.82, 2.24) is 0 Å². The monoisotopic (exact) mass is 417 g/mol. The number of fused-ring (bicyclic) bond motifs is 1. The van der Waals surface area contributed by atoms with Gasteiger partial charge in [0.15, 0.2) is 11.5 Å². The molecule has 0 radical (unpaired) electrons. The van der Waals surface area contributed by atoms with Gasteiger partial charge in [0.05, 0.1) is 16.8 Å². The van der Waals surface area contributed by atoms with E-state index in [4.69, 9.17) is 14.2 Å². The van der Waals surface area contributed by atoms with E-state index in [2.05, 4.69) is 0 Å². The second-order valence-corrected chi connectivity index (χ2v) is 7.08. The number of alkyl halides is 3. The number of hydrogen-bond acceptors (Lipinski definition) is 5. The average Bonchev–Trinajstić information content (AvgIpc) is 3.33. The van der Waals surface area contributed by atoms with Crippen LogP contribution in [0, 0.1) is 0 Å². The van der Waals surface area contributed by atoms with Crippen molar-refractivity contribution in [2.24, 2.45) is 0 Å². The van der Waals surface area contributed by atoms with E-state index >= 15 is 0 Å². The molecule has 0 bridgehead atoms. The van der Waals surface area contributed by atoms with Crippen molar-refractivity contribution in [3.05, 3.63) is 64.9 Å². The van der Waals surface area contributed by atoms with Crippen molar-refractivity contribution < 1.29 is 37.0 Å². The molecule has 1 amide bonds. The molecule has 0 fully saturated rings. The minimum absolute atomic E-state index is 0.0331. The normalized spacial score (nSPS) is 20.5. The van der Waals surface area contributed by atoms with Crippen LogP contribution in [-0.4, -0.2) is 25.3 Å². The Morgan fingerprint density at radius 2 is 1.67 bits per heavy atom. The summed E-state index contributed by atoms with van der Waals surface area (Å²) in [5.74, 6) is -0.316. The van der Waals surface area contributed by atoms with Gasteiger partial charge in [-0.1, -0.05) is 6.07 Å². The van der Waals surface area contributed by atoms with Crippen molar-refractivity contribution in [3.8, 4) is 11.5 Å². The van der Waals surface area contributed by atoms with Crippen LogP contribution in [0.15, 0.2) is 53.7 Å². The zero-order valence-corrected chi connectivity index (χ0v) is 15.4. The number of carbonyl (C=O) groups excluding carboxylic acids is 2. The predicted molar refractivity (Wildman–Crippen MR) is 96.8 cm³/mol. The van der Waals surface area contributed by atoms with Crippen molar-refractivity contribution in [1.29, 1.82) is 0 Å². The predicted octanol–water partition coefficient (Wildman–Crippen LogP) is 3.77. The number of hydrogen-bond donors (Lipinski definition) is 0. The Morgan fingerprint density at radius 1 is 0.933 bits per heavy atom. The van der Waals surface area contributed by atoms with Gasteiger partial charge < -0.3 is 14.2 Å². The van der Waals surface area contributed by atoms with Gasteiger partial charge in [0.1, 0.15) is 6.61 Å². The molecule has 2 aromatic rings. The topological polar surface area (TPSA) is 65.1 Å². The molecule has 0 saturated heterocycles. The van der Waals surface area contributed by atoms with E-state index < -0.39 is 23.6 Å². The van der Waals surface area contributed by atoms with Gasteiger partial charge in [-0.25, -0.2) is 4.79 Å². The lowest BCUT2D eigenvalue weighted by Crippen LogP contribution is -2.37. The fourth-order valence-electron chi connectivity index (χ4n) is 3.97. The zero-order valence-electron chi connectivity index (χ0n) is 15.4. The number of anilines is 1. The third-order valence-corrected chi connectivity index (χ3v) is 5.37. The van der Waals surface area contributed by atoms with Crippen LogP contribution in [0.2, 0.25) is 0 Å². The van der Waals surface area contributed by atoms with Gasteiger partial charge >= 0.3 is 12.1 Å². The smallest absolute Gasteiger partial charge is 0.416 e. The minimum Gasteiger partial charge on any atom is -0.456 e. The Bertz CT molecular complexity index is 1090. The number of amides is 1. The van der Waals surface area contributed by atoms with Gasteiger partial charge in [0.25, 0.3) is 0 Å². The summed E-state index contributed by atoms with van der Waals surface area (Å²) in [4.78, 5) is 26.7.